The number of carboxylic acid groups (broad SMARTS) is 1. The Morgan fingerprint density at radius 1 is 1.27 bits per heavy atom. The van der Waals surface area contributed by atoms with Crippen LogP contribution in [0.25, 0.3) is 5.57 Å². The van der Waals surface area contributed by atoms with E-state index in [2.05, 4.69) is 6.92 Å². The fourth-order valence-electron chi connectivity index (χ4n) is 5.37. The zero-order chi connectivity index (χ0) is 21.7. The number of hydrogen-bond acceptors (Lipinski definition) is 4. The Hall–Kier alpha value is -1.56. The number of aliphatic carboxylic acids is 1. The van der Waals surface area contributed by atoms with E-state index in [0.717, 1.165) is 48.8 Å². The Morgan fingerprint density at radius 2 is 1.97 bits per heavy atom. The highest BCUT2D eigenvalue weighted by Gasteiger charge is 2.48. The predicted octanol–water partition coefficient (Wildman–Crippen LogP) is 5.36. The summed E-state index contributed by atoms with van der Waals surface area (Å²) in [6.07, 6.45) is 6.86. The van der Waals surface area contributed by atoms with Crippen molar-refractivity contribution in [2.75, 3.05) is 13.1 Å². The predicted molar refractivity (Wildman–Crippen MR) is 117 cm³/mol. The first-order valence-corrected chi connectivity index (χ1v) is 11.5. The molecule has 1 heterocycles. The number of allylic oxidation sites excluding steroid dienone is 2. The number of benzene rings is 1. The standard InChI is InChI=1S/C23H27Cl2NO4/c1-3-22-8-7-15(27)12-16(22)18-14(13-22)11-17(19(24)20(18)25)30-23(4-2,21(28)29)26-9-5-6-10-26/h11-12H,3-10,13H2,1-2H3,(H,28,29). The SMILES string of the molecule is CCC12CCC(=O)C=C1c1c(cc(OC(CC)(C(=O)O)N3CCCC3)c(Cl)c1Cl)C2. The highest BCUT2D eigenvalue weighted by atomic mass is 35.5. The van der Waals surface area contributed by atoms with Gasteiger partial charge in [0.2, 0.25) is 0 Å². The van der Waals surface area contributed by atoms with E-state index in [-0.39, 0.29) is 22.6 Å². The third kappa shape index (κ3) is 3.17. The minimum absolute atomic E-state index is 0.111. The second kappa shape index (κ2) is 7.85. The highest BCUT2D eigenvalue weighted by Crippen LogP contribution is 2.58. The molecule has 1 saturated heterocycles. The van der Waals surface area contributed by atoms with Crippen molar-refractivity contribution in [2.45, 2.75) is 64.5 Å². The number of halogens is 2. The number of carbonyl (C=O) groups is 2. The first-order valence-electron chi connectivity index (χ1n) is 10.7. The molecule has 1 fully saturated rings. The summed E-state index contributed by atoms with van der Waals surface area (Å²) in [5.41, 5.74) is 1.17. The molecule has 4 rings (SSSR count). The number of likely N-dealkylation sites (tertiary alicyclic amines) is 1. The monoisotopic (exact) mass is 451 g/mol. The van der Waals surface area contributed by atoms with Crippen molar-refractivity contribution in [1.29, 1.82) is 0 Å². The molecule has 0 radical (unpaired) electrons. The van der Waals surface area contributed by atoms with Gasteiger partial charge in [-0.05, 0) is 55.4 Å². The maximum atomic E-state index is 12.3. The number of carbonyl (C=O) groups excluding carboxylic acids is 1. The first-order chi connectivity index (χ1) is 14.3. The zero-order valence-electron chi connectivity index (χ0n) is 17.4. The molecule has 1 aromatic rings. The molecule has 0 amide bonds. The minimum atomic E-state index is -1.47. The molecule has 1 N–H and O–H groups in total. The molecule has 2 unspecified atom stereocenters. The van der Waals surface area contributed by atoms with Gasteiger partial charge in [0, 0.05) is 36.9 Å². The maximum absolute atomic E-state index is 12.3. The van der Waals surface area contributed by atoms with Gasteiger partial charge in [0.25, 0.3) is 5.72 Å². The number of fused-ring (bicyclic) bond motifs is 3. The normalized spacial score (nSPS) is 25.5. The number of rotatable bonds is 6. The van der Waals surface area contributed by atoms with Gasteiger partial charge >= 0.3 is 5.97 Å². The van der Waals surface area contributed by atoms with Crippen LogP contribution < -0.4 is 4.74 Å². The van der Waals surface area contributed by atoms with Crippen LogP contribution in [-0.4, -0.2) is 40.6 Å². The minimum Gasteiger partial charge on any atom is -0.477 e. The maximum Gasteiger partial charge on any atom is 0.364 e. The molecule has 162 valence electrons. The first kappa shape index (κ1) is 21.7. The van der Waals surface area contributed by atoms with E-state index in [1.54, 1.807) is 6.08 Å². The average molecular weight is 452 g/mol. The van der Waals surface area contributed by atoms with E-state index in [1.165, 1.54) is 0 Å². The van der Waals surface area contributed by atoms with Gasteiger partial charge in [0.05, 0.1) is 5.02 Å². The summed E-state index contributed by atoms with van der Waals surface area (Å²) in [4.78, 5) is 26.3. The third-order valence-corrected chi connectivity index (χ3v) is 8.02. The molecule has 0 bridgehead atoms. The zero-order valence-corrected chi connectivity index (χ0v) is 18.9. The quantitative estimate of drug-likeness (QED) is 0.630. The van der Waals surface area contributed by atoms with E-state index in [0.29, 0.717) is 30.3 Å². The van der Waals surface area contributed by atoms with Crippen molar-refractivity contribution >= 4 is 40.5 Å². The number of ketones is 1. The summed E-state index contributed by atoms with van der Waals surface area (Å²) in [5.74, 6) is -0.612. The summed E-state index contributed by atoms with van der Waals surface area (Å²) in [5, 5.41) is 10.6. The average Bonchev–Trinajstić information content (AvgIpc) is 3.36. The van der Waals surface area contributed by atoms with Gasteiger partial charge in [-0.25, -0.2) is 4.79 Å². The van der Waals surface area contributed by atoms with Gasteiger partial charge in [-0.1, -0.05) is 37.0 Å². The molecular formula is C23H27Cl2NO4. The molecule has 0 saturated carbocycles. The lowest BCUT2D eigenvalue weighted by atomic mass is 9.71. The smallest absolute Gasteiger partial charge is 0.364 e. The Morgan fingerprint density at radius 3 is 2.57 bits per heavy atom. The van der Waals surface area contributed by atoms with Gasteiger partial charge in [-0.15, -0.1) is 0 Å². The van der Waals surface area contributed by atoms with Crippen LogP contribution in [0.1, 0.15) is 63.5 Å². The van der Waals surface area contributed by atoms with E-state index in [9.17, 15) is 14.7 Å². The summed E-state index contributed by atoms with van der Waals surface area (Å²) >= 11 is 13.3. The second-order valence-electron chi connectivity index (χ2n) is 8.61. The molecule has 7 heteroatoms. The number of carboxylic acids is 1. The molecule has 0 aromatic heterocycles. The molecule has 0 spiro atoms. The van der Waals surface area contributed by atoms with Crippen molar-refractivity contribution in [3.8, 4) is 5.75 Å². The molecule has 1 aliphatic heterocycles. The Labute approximate surface area is 187 Å². The summed E-state index contributed by atoms with van der Waals surface area (Å²) in [6, 6.07) is 1.84. The number of ether oxygens (including phenoxy) is 1. The summed E-state index contributed by atoms with van der Waals surface area (Å²) < 4.78 is 6.20. The Bertz CT molecular complexity index is 938. The molecule has 2 aliphatic carbocycles. The molecule has 2 atom stereocenters. The van der Waals surface area contributed by atoms with Crippen LogP contribution in [0.5, 0.6) is 5.75 Å². The lowest BCUT2D eigenvalue weighted by Crippen LogP contribution is -2.57. The van der Waals surface area contributed by atoms with Crippen molar-refractivity contribution in [1.82, 2.24) is 4.90 Å². The van der Waals surface area contributed by atoms with Crippen LogP contribution in [0.15, 0.2) is 12.1 Å². The van der Waals surface area contributed by atoms with Crippen molar-refractivity contribution in [3.63, 3.8) is 0 Å². The van der Waals surface area contributed by atoms with E-state index < -0.39 is 11.7 Å². The van der Waals surface area contributed by atoms with E-state index in [4.69, 9.17) is 27.9 Å². The second-order valence-corrected chi connectivity index (χ2v) is 9.37. The Balaban J connectivity index is 1.80. The molecule has 30 heavy (non-hydrogen) atoms. The lowest BCUT2D eigenvalue weighted by Gasteiger charge is -2.37. The van der Waals surface area contributed by atoms with Gasteiger partial charge < -0.3 is 9.84 Å². The van der Waals surface area contributed by atoms with Crippen molar-refractivity contribution in [3.05, 3.63) is 33.3 Å². The molecule has 3 aliphatic rings. The third-order valence-electron chi connectivity index (χ3n) is 7.17. The van der Waals surface area contributed by atoms with Gasteiger partial charge in [-0.2, -0.15) is 0 Å². The fourth-order valence-corrected chi connectivity index (χ4v) is 5.87. The van der Waals surface area contributed by atoms with Gasteiger partial charge in [0.1, 0.15) is 10.8 Å². The van der Waals surface area contributed by atoms with Crippen LogP contribution >= 0.6 is 23.2 Å². The largest absolute Gasteiger partial charge is 0.477 e. The summed E-state index contributed by atoms with van der Waals surface area (Å²) in [6.45, 7) is 5.28. The van der Waals surface area contributed by atoms with Crippen LogP contribution in [0.2, 0.25) is 10.0 Å². The van der Waals surface area contributed by atoms with Crippen LogP contribution in [0, 0.1) is 5.41 Å². The molecule has 1 aromatic carbocycles. The van der Waals surface area contributed by atoms with E-state index in [1.807, 2.05) is 17.9 Å². The lowest BCUT2D eigenvalue weighted by molar-refractivity contribution is -0.175. The van der Waals surface area contributed by atoms with E-state index >= 15 is 0 Å². The van der Waals surface area contributed by atoms with Crippen molar-refractivity contribution in [2.24, 2.45) is 5.41 Å². The molecular weight excluding hydrogens is 425 g/mol. The van der Waals surface area contributed by atoms with Gasteiger partial charge in [-0.3, -0.25) is 9.69 Å². The number of hydrogen-bond donors (Lipinski definition) is 1. The highest BCUT2D eigenvalue weighted by molar-refractivity contribution is 6.44. The van der Waals surface area contributed by atoms with Crippen LogP contribution in [-0.2, 0) is 16.0 Å². The molecule has 5 nitrogen and oxygen atoms in total. The fraction of sp³-hybridized carbons (Fsp3) is 0.565. The van der Waals surface area contributed by atoms with Crippen LogP contribution in [0.3, 0.4) is 0 Å². The number of nitrogens with zero attached hydrogens (tertiary/aromatic N) is 1. The Kier molecular flexibility index (Phi) is 5.67. The van der Waals surface area contributed by atoms with Crippen LogP contribution in [0.4, 0.5) is 0 Å². The topological polar surface area (TPSA) is 66.8 Å². The summed E-state index contributed by atoms with van der Waals surface area (Å²) in [7, 11) is 0. The van der Waals surface area contributed by atoms with Gasteiger partial charge in [0.15, 0.2) is 5.78 Å². The van der Waals surface area contributed by atoms with Crippen molar-refractivity contribution < 1.29 is 19.4 Å².